The van der Waals surface area contributed by atoms with Gasteiger partial charge in [0.25, 0.3) is 0 Å². The molecular weight excluding hydrogens is 247 g/mol. The molecule has 0 saturated carbocycles. The molecule has 1 aromatic carbocycles. The van der Waals surface area contributed by atoms with Crippen molar-refractivity contribution in [3.8, 4) is 12.3 Å². The van der Waals surface area contributed by atoms with E-state index >= 15 is 0 Å². The first-order chi connectivity index (χ1) is 6.65. The Bertz CT molecular complexity index is 357. The standard InChI is InChI=1S/C11H10BrFO/c1-2-3-4-11(14)8-5-6-10(13)9(12)7-8/h1,5-7,11,14H,3-4H2. The molecule has 0 fully saturated rings. The molecule has 0 spiro atoms. The van der Waals surface area contributed by atoms with Crippen molar-refractivity contribution in [2.45, 2.75) is 18.9 Å². The highest BCUT2D eigenvalue weighted by molar-refractivity contribution is 9.10. The van der Waals surface area contributed by atoms with E-state index in [1.165, 1.54) is 6.07 Å². The molecule has 1 atom stereocenters. The fourth-order valence-corrected chi connectivity index (χ4v) is 1.50. The molecule has 0 radical (unpaired) electrons. The van der Waals surface area contributed by atoms with E-state index in [4.69, 9.17) is 6.42 Å². The summed E-state index contributed by atoms with van der Waals surface area (Å²) in [4.78, 5) is 0. The second-order valence-electron chi connectivity index (χ2n) is 2.93. The van der Waals surface area contributed by atoms with Gasteiger partial charge < -0.3 is 5.11 Å². The molecular formula is C11H10BrFO. The van der Waals surface area contributed by atoms with E-state index in [0.717, 1.165) is 0 Å². The van der Waals surface area contributed by atoms with Crippen molar-refractivity contribution in [3.63, 3.8) is 0 Å². The SMILES string of the molecule is C#CCCC(O)c1ccc(F)c(Br)c1. The van der Waals surface area contributed by atoms with Gasteiger partial charge in [0, 0.05) is 6.42 Å². The van der Waals surface area contributed by atoms with Crippen LogP contribution in [0.3, 0.4) is 0 Å². The predicted molar refractivity (Wildman–Crippen MR) is 57.1 cm³/mol. The van der Waals surface area contributed by atoms with Gasteiger partial charge in [0.1, 0.15) is 5.82 Å². The molecule has 0 aliphatic carbocycles. The average Bonchev–Trinajstić information content (AvgIpc) is 2.18. The minimum absolute atomic E-state index is 0.335. The van der Waals surface area contributed by atoms with Gasteiger partial charge in [0.15, 0.2) is 0 Å². The first-order valence-electron chi connectivity index (χ1n) is 4.21. The molecule has 14 heavy (non-hydrogen) atoms. The normalized spacial score (nSPS) is 12.1. The van der Waals surface area contributed by atoms with Gasteiger partial charge in [-0.15, -0.1) is 12.3 Å². The summed E-state index contributed by atoms with van der Waals surface area (Å²) >= 11 is 3.06. The van der Waals surface area contributed by atoms with Gasteiger partial charge in [-0.25, -0.2) is 4.39 Å². The fourth-order valence-electron chi connectivity index (χ4n) is 1.11. The fraction of sp³-hybridized carbons (Fsp3) is 0.273. The maximum Gasteiger partial charge on any atom is 0.137 e. The number of terminal acetylenes is 1. The van der Waals surface area contributed by atoms with E-state index in [0.29, 0.717) is 22.9 Å². The third kappa shape index (κ3) is 2.83. The van der Waals surface area contributed by atoms with Crippen LogP contribution in [0.5, 0.6) is 0 Å². The zero-order valence-electron chi connectivity index (χ0n) is 7.50. The van der Waals surface area contributed by atoms with Gasteiger partial charge in [-0.1, -0.05) is 6.07 Å². The van der Waals surface area contributed by atoms with Crippen molar-refractivity contribution < 1.29 is 9.50 Å². The van der Waals surface area contributed by atoms with Gasteiger partial charge in [-0.2, -0.15) is 0 Å². The molecule has 1 rings (SSSR count). The van der Waals surface area contributed by atoms with Crippen LogP contribution in [-0.2, 0) is 0 Å². The Kier molecular flexibility index (Phi) is 4.12. The third-order valence-electron chi connectivity index (χ3n) is 1.89. The molecule has 1 nitrogen and oxygen atoms in total. The Morgan fingerprint density at radius 3 is 2.86 bits per heavy atom. The zero-order chi connectivity index (χ0) is 10.6. The molecule has 0 aliphatic heterocycles. The Labute approximate surface area is 91.1 Å². The molecule has 3 heteroatoms. The van der Waals surface area contributed by atoms with E-state index < -0.39 is 6.10 Å². The zero-order valence-corrected chi connectivity index (χ0v) is 9.09. The maximum atomic E-state index is 12.9. The average molecular weight is 257 g/mol. The summed E-state index contributed by atoms with van der Waals surface area (Å²) in [5.41, 5.74) is 0.675. The Hall–Kier alpha value is -0.850. The Morgan fingerprint density at radius 2 is 2.29 bits per heavy atom. The van der Waals surface area contributed by atoms with Crippen molar-refractivity contribution in [2.24, 2.45) is 0 Å². The molecule has 0 aromatic heterocycles. The molecule has 0 amide bonds. The molecule has 0 heterocycles. The Balaban J connectivity index is 2.76. The van der Waals surface area contributed by atoms with Crippen LogP contribution in [0.15, 0.2) is 22.7 Å². The van der Waals surface area contributed by atoms with Crippen molar-refractivity contribution >= 4 is 15.9 Å². The van der Waals surface area contributed by atoms with E-state index in [1.807, 2.05) is 0 Å². The number of halogens is 2. The molecule has 0 aliphatic rings. The summed E-state index contributed by atoms with van der Waals surface area (Å²) in [6, 6.07) is 4.44. The molecule has 1 N–H and O–H groups in total. The summed E-state index contributed by atoms with van der Waals surface area (Å²) < 4.78 is 13.2. The van der Waals surface area contributed by atoms with Crippen LogP contribution in [0.1, 0.15) is 24.5 Å². The van der Waals surface area contributed by atoms with Crippen molar-refractivity contribution in [3.05, 3.63) is 34.1 Å². The van der Waals surface area contributed by atoms with Crippen LogP contribution in [0, 0.1) is 18.2 Å². The molecule has 0 bridgehead atoms. The van der Waals surface area contributed by atoms with Gasteiger partial charge in [0.05, 0.1) is 10.6 Å². The lowest BCUT2D eigenvalue weighted by atomic mass is 10.1. The molecule has 0 saturated heterocycles. The summed E-state index contributed by atoms with van der Waals surface area (Å²) in [7, 11) is 0. The first kappa shape index (κ1) is 11.2. The highest BCUT2D eigenvalue weighted by atomic mass is 79.9. The van der Waals surface area contributed by atoms with Crippen LogP contribution < -0.4 is 0 Å². The van der Waals surface area contributed by atoms with Crippen LogP contribution in [0.2, 0.25) is 0 Å². The van der Waals surface area contributed by atoms with Gasteiger partial charge >= 0.3 is 0 Å². The monoisotopic (exact) mass is 256 g/mol. The summed E-state index contributed by atoms with van der Waals surface area (Å²) in [5.74, 6) is 2.11. The number of hydrogen-bond acceptors (Lipinski definition) is 1. The van der Waals surface area contributed by atoms with Crippen molar-refractivity contribution in [1.82, 2.24) is 0 Å². The van der Waals surface area contributed by atoms with E-state index in [1.54, 1.807) is 12.1 Å². The third-order valence-corrected chi connectivity index (χ3v) is 2.50. The van der Waals surface area contributed by atoms with Gasteiger partial charge in [-0.05, 0) is 40.0 Å². The van der Waals surface area contributed by atoms with Crippen molar-refractivity contribution in [1.29, 1.82) is 0 Å². The lowest BCUT2D eigenvalue weighted by Crippen LogP contribution is -1.97. The number of hydrogen-bond donors (Lipinski definition) is 1. The van der Waals surface area contributed by atoms with Crippen LogP contribution >= 0.6 is 15.9 Å². The predicted octanol–water partition coefficient (Wildman–Crippen LogP) is 3.04. The summed E-state index contributed by atoms with van der Waals surface area (Å²) in [6.07, 6.45) is 5.46. The number of aliphatic hydroxyl groups is 1. The van der Waals surface area contributed by atoms with E-state index in [2.05, 4.69) is 21.9 Å². The minimum Gasteiger partial charge on any atom is -0.388 e. The summed E-state index contributed by atoms with van der Waals surface area (Å²) in [6.45, 7) is 0. The molecule has 1 unspecified atom stereocenters. The first-order valence-corrected chi connectivity index (χ1v) is 5.01. The van der Waals surface area contributed by atoms with Gasteiger partial charge in [-0.3, -0.25) is 0 Å². The topological polar surface area (TPSA) is 20.2 Å². The van der Waals surface area contributed by atoms with Gasteiger partial charge in [0.2, 0.25) is 0 Å². The van der Waals surface area contributed by atoms with Crippen molar-refractivity contribution in [2.75, 3.05) is 0 Å². The highest BCUT2D eigenvalue weighted by Gasteiger charge is 2.08. The molecule has 1 aromatic rings. The number of benzene rings is 1. The number of aliphatic hydroxyl groups excluding tert-OH is 1. The van der Waals surface area contributed by atoms with Crippen LogP contribution in [0.4, 0.5) is 4.39 Å². The smallest absolute Gasteiger partial charge is 0.137 e. The Morgan fingerprint density at radius 1 is 1.57 bits per heavy atom. The summed E-state index contributed by atoms with van der Waals surface area (Å²) in [5, 5.41) is 9.63. The largest absolute Gasteiger partial charge is 0.388 e. The maximum absolute atomic E-state index is 12.9. The van der Waals surface area contributed by atoms with Crippen LogP contribution in [-0.4, -0.2) is 5.11 Å². The van der Waals surface area contributed by atoms with E-state index in [-0.39, 0.29) is 5.82 Å². The lowest BCUT2D eigenvalue weighted by molar-refractivity contribution is 0.169. The van der Waals surface area contributed by atoms with E-state index in [9.17, 15) is 9.50 Å². The molecule has 74 valence electrons. The lowest BCUT2D eigenvalue weighted by Gasteiger charge is -2.09. The number of rotatable bonds is 3. The van der Waals surface area contributed by atoms with Crippen LogP contribution in [0.25, 0.3) is 0 Å². The second kappa shape index (κ2) is 5.14. The quantitative estimate of drug-likeness (QED) is 0.825. The highest BCUT2D eigenvalue weighted by Crippen LogP contribution is 2.23. The second-order valence-corrected chi connectivity index (χ2v) is 3.79. The minimum atomic E-state index is -0.622.